The van der Waals surface area contributed by atoms with Crippen LogP contribution in [0.5, 0.6) is 0 Å². The predicted octanol–water partition coefficient (Wildman–Crippen LogP) is 4.72. The van der Waals surface area contributed by atoms with Gasteiger partial charge in [0.2, 0.25) is 0 Å². The average Bonchev–Trinajstić information content (AvgIpc) is 3.01. The lowest BCUT2D eigenvalue weighted by Gasteiger charge is -2.26. The normalized spacial score (nSPS) is 15.6. The van der Waals surface area contributed by atoms with E-state index in [0.717, 1.165) is 50.3 Å². The van der Waals surface area contributed by atoms with Crippen molar-refractivity contribution < 1.29 is 4.74 Å². The van der Waals surface area contributed by atoms with Crippen molar-refractivity contribution in [3.8, 4) is 0 Å². The molecule has 1 fully saturated rings. The summed E-state index contributed by atoms with van der Waals surface area (Å²) in [6.45, 7) is 5.98. The molecule has 1 aliphatic rings. The fourth-order valence-corrected chi connectivity index (χ4v) is 4.25. The van der Waals surface area contributed by atoms with Crippen LogP contribution < -0.4 is 0 Å². The van der Waals surface area contributed by atoms with Crippen LogP contribution in [-0.2, 0) is 17.7 Å². The summed E-state index contributed by atoms with van der Waals surface area (Å²) in [6, 6.07) is 17.4. The Hall–Kier alpha value is -1.62. The van der Waals surface area contributed by atoms with Gasteiger partial charge in [0.05, 0.1) is 13.2 Å². The summed E-state index contributed by atoms with van der Waals surface area (Å²) in [6.07, 6.45) is 4.68. The molecular formula is C22H25BrN2O. The molecule has 0 unspecified atom stereocenters. The van der Waals surface area contributed by atoms with Gasteiger partial charge in [0.15, 0.2) is 0 Å². The lowest BCUT2D eigenvalue weighted by atomic mass is 10.1. The van der Waals surface area contributed by atoms with E-state index >= 15 is 0 Å². The summed E-state index contributed by atoms with van der Waals surface area (Å²) < 4.78 is 8.97. The molecule has 0 spiro atoms. The number of fused-ring (bicyclic) bond motifs is 1. The van der Waals surface area contributed by atoms with Gasteiger partial charge in [-0.3, -0.25) is 4.90 Å². The highest BCUT2D eigenvalue weighted by molar-refractivity contribution is 9.10. The molecule has 2 heterocycles. The molecule has 136 valence electrons. The molecule has 0 saturated carbocycles. The molecule has 0 bridgehead atoms. The number of para-hydroxylation sites is 1. The lowest BCUT2D eigenvalue weighted by Crippen LogP contribution is -2.36. The zero-order valence-corrected chi connectivity index (χ0v) is 16.6. The van der Waals surface area contributed by atoms with Crippen molar-refractivity contribution in [2.75, 3.05) is 32.8 Å². The Labute approximate surface area is 163 Å². The van der Waals surface area contributed by atoms with Crippen molar-refractivity contribution in [3.05, 3.63) is 70.3 Å². The first-order valence-corrected chi connectivity index (χ1v) is 10.2. The summed E-state index contributed by atoms with van der Waals surface area (Å²) in [4.78, 5) is 2.52. The van der Waals surface area contributed by atoms with E-state index < -0.39 is 0 Å². The fraction of sp³-hybridized carbons (Fsp3) is 0.364. The molecule has 0 atom stereocenters. The number of hydrogen-bond acceptors (Lipinski definition) is 2. The van der Waals surface area contributed by atoms with Crippen LogP contribution in [0.3, 0.4) is 0 Å². The standard InChI is InChI=1S/C22H25BrN2O/c23-20-7-3-5-18(15-20)16-25-17-19(21-8-1-2-9-22(21)25)6-4-10-24-11-13-26-14-12-24/h1-3,5,7-9,15,17H,4,6,10-14,16H2. The van der Waals surface area contributed by atoms with Crippen molar-refractivity contribution in [2.45, 2.75) is 19.4 Å². The Morgan fingerprint density at radius 3 is 2.69 bits per heavy atom. The van der Waals surface area contributed by atoms with E-state index in [-0.39, 0.29) is 0 Å². The van der Waals surface area contributed by atoms with E-state index in [9.17, 15) is 0 Å². The first-order valence-electron chi connectivity index (χ1n) is 9.41. The van der Waals surface area contributed by atoms with E-state index in [4.69, 9.17) is 4.74 Å². The first-order chi connectivity index (χ1) is 12.8. The molecule has 0 radical (unpaired) electrons. The smallest absolute Gasteiger partial charge is 0.0594 e. The van der Waals surface area contributed by atoms with E-state index in [1.165, 1.54) is 28.5 Å². The molecule has 3 aromatic rings. The van der Waals surface area contributed by atoms with Gasteiger partial charge in [-0.05, 0) is 48.7 Å². The van der Waals surface area contributed by atoms with Gasteiger partial charge in [-0.1, -0.05) is 46.3 Å². The Balaban J connectivity index is 1.50. The second-order valence-electron chi connectivity index (χ2n) is 6.99. The minimum atomic E-state index is 0.881. The third-order valence-corrected chi connectivity index (χ3v) is 5.63. The summed E-state index contributed by atoms with van der Waals surface area (Å²) in [5, 5.41) is 1.39. The molecule has 3 nitrogen and oxygen atoms in total. The molecular weight excluding hydrogens is 388 g/mol. The fourth-order valence-electron chi connectivity index (χ4n) is 3.80. The van der Waals surface area contributed by atoms with E-state index in [1.54, 1.807) is 0 Å². The number of benzene rings is 2. The third kappa shape index (κ3) is 4.20. The van der Waals surface area contributed by atoms with E-state index in [1.807, 2.05) is 0 Å². The minimum absolute atomic E-state index is 0.881. The van der Waals surface area contributed by atoms with Crippen LogP contribution >= 0.6 is 15.9 Å². The minimum Gasteiger partial charge on any atom is -0.379 e. The molecule has 26 heavy (non-hydrogen) atoms. The Morgan fingerprint density at radius 2 is 1.85 bits per heavy atom. The predicted molar refractivity (Wildman–Crippen MR) is 111 cm³/mol. The van der Waals surface area contributed by atoms with Crippen LogP contribution in [0, 0.1) is 0 Å². The average molecular weight is 413 g/mol. The molecule has 0 aliphatic carbocycles. The summed E-state index contributed by atoms with van der Waals surface area (Å²) in [5.74, 6) is 0. The van der Waals surface area contributed by atoms with Gasteiger partial charge in [0, 0.05) is 41.2 Å². The molecule has 4 rings (SSSR count). The van der Waals surface area contributed by atoms with Gasteiger partial charge in [0.25, 0.3) is 0 Å². The van der Waals surface area contributed by atoms with Crippen LogP contribution in [0.15, 0.2) is 59.2 Å². The number of ether oxygens (including phenoxy) is 1. The van der Waals surface area contributed by atoms with Crippen molar-refractivity contribution in [1.82, 2.24) is 9.47 Å². The van der Waals surface area contributed by atoms with Crippen LogP contribution in [0.1, 0.15) is 17.5 Å². The molecule has 0 N–H and O–H groups in total. The molecule has 1 aromatic heterocycles. The summed E-state index contributed by atoms with van der Waals surface area (Å²) >= 11 is 3.58. The van der Waals surface area contributed by atoms with Gasteiger partial charge in [-0.25, -0.2) is 0 Å². The number of rotatable bonds is 6. The van der Waals surface area contributed by atoms with Gasteiger partial charge in [-0.2, -0.15) is 0 Å². The maximum Gasteiger partial charge on any atom is 0.0594 e. The quantitative estimate of drug-likeness (QED) is 0.582. The Bertz CT molecular complexity index is 867. The second-order valence-corrected chi connectivity index (χ2v) is 7.90. The largest absolute Gasteiger partial charge is 0.379 e. The van der Waals surface area contributed by atoms with Crippen LogP contribution in [-0.4, -0.2) is 42.3 Å². The van der Waals surface area contributed by atoms with Crippen molar-refractivity contribution in [3.63, 3.8) is 0 Å². The number of halogens is 1. The zero-order chi connectivity index (χ0) is 17.8. The molecule has 4 heteroatoms. The highest BCUT2D eigenvalue weighted by Gasteiger charge is 2.12. The second kappa shape index (κ2) is 8.38. The highest BCUT2D eigenvalue weighted by atomic mass is 79.9. The van der Waals surface area contributed by atoms with Crippen molar-refractivity contribution in [2.24, 2.45) is 0 Å². The molecule has 1 aliphatic heterocycles. The maximum atomic E-state index is 5.44. The van der Waals surface area contributed by atoms with E-state index in [2.05, 4.69) is 80.1 Å². The summed E-state index contributed by atoms with van der Waals surface area (Å²) in [7, 11) is 0. The SMILES string of the molecule is Brc1cccc(Cn2cc(CCCN3CCOCC3)c3ccccc32)c1. The van der Waals surface area contributed by atoms with E-state index in [0.29, 0.717) is 0 Å². The number of morpholine rings is 1. The number of nitrogens with zero attached hydrogens (tertiary/aromatic N) is 2. The summed E-state index contributed by atoms with van der Waals surface area (Å²) in [5.41, 5.74) is 4.11. The zero-order valence-electron chi connectivity index (χ0n) is 15.0. The van der Waals surface area contributed by atoms with Crippen LogP contribution in [0.25, 0.3) is 10.9 Å². The van der Waals surface area contributed by atoms with Crippen molar-refractivity contribution >= 4 is 26.8 Å². The van der Waals surface area contributed by atoms with Gasteiger partial charge in [0.1, 0.15) is 0 Å². The van der Waals surface area contributed by atoms with Crippen LogP contribution in [0.2, 0.25) is 0 Å². The van der Waals surface area contributed by atoms with Crippen molar-refractivity contribution in [1.29, 1.82) is 0 Å². The number of aryl methyl sites for hydroxylation is 1. The highest BCUT2D eigenvalue weighted by Crippen LogP contribution is 2.24. The van der Waals surface area contributed by atoms with Gasteiger partial charge in [-0.15, -0.1) is 0 Å². The molecule has 2 aromatic carbocycles. The van der Waals surface area contributed by atoms with Gasteiger partial charge >= 0.3 is 0 Å². The van der Waals surface area contributed by atoms with Gasteiger partial charge < -0.3 is 9.30 Å². The Morgan fingerprint density at radius 1 is 1.00 bits per heavy atom. The lowest BCUT2D eigenvalue weighted by molar-refractivity contribution is 0.0375. The monoisotopic (exact) mass is 412 g/mol. The topological polar surface area (TPSA) is 17.4 Å². The number of hydrogen-bond donors (Lipinski definition) is 0. The van der Waals surface area contributed by atoms with Crippen LogP contribution in [0.4, 0.5) is 0 Å². The molecule has 0 amide bonds. The Kier molecular flexibility index (Phi) is 5.73. The first kappa shape index (κ1) is 17.8. The maximum absolute atomic E-state index is 5.44. The molecule has 1 saturated heterocycles. The third-order valence-electron chi connectivity index (χ3n) is 5.14. The number of aromatic nitrogens is 1.